The molecule has 1 atom stereocenters. The van der Waals surface area contributed by atoms with Gasteiger partial charge >= 0.3 is 5.97 Å². The fraction of sp³-hybridized carbons (Fsp3) is 0.700. The number of halogens is 3. The molecule has 94 valence electrons. The minimum absolute atomic E-state index is 0.228. The molecular weight excluding hydrogens is 274 g/mol. The van der Waals surface area contributed by atoms with Crippen molar-refractivity contribution >= 4 is 40.8 Å². The predicted octanol–water partition coefficient (Wildman–Crippen LogP) is 3.62. The van der Waals surface area contributed by atoms with E-state index in [1.165, 1.54) is 6.92 Å². The Bertz CT molecular complexity index is 236. The fourth-order valence-corrected chi connectivity index (χ4v) is 1.16. The molecule has 0 aliphatic carbocycles. The summed E-state index contributed by atoms with van der Waals surface area (Å²) in [5.41, 5.74) is 0. The number of ether oxygens (including phenoxy) is 2. The average Bonchev–Trinajstić information content (AvgIpc) is 2.13. The molecule has 0 saturated heterocycles. The van der Waals surface area contributed by atoms with Crippen LogP contribution in [-0.4, -0.2) is 22.7 Å². The monoisotopic (exact) mass is 288 g/mol. The number of unbranched alkanes of at least 4 members (excludes halogenated alkanes) is 1. The van der Waals surface area contributed by atoms with E-state index in [0.717, 1.165) is 12.8 Å². The summed E-state index contributed by atoms with van der Waals surface area (Å²) in [4.78, 5) is 10.7. The second-order valence-corrected chi connectivity index (χ2v) is 5.45. The summed E-state index contributed by atoms with van der Waals surface area (Å²) in [6.45, 7) is 3.51. The van der Waals surface area contributed by atoms with E-state index < -0.39 is 16.1 Å². The van der Waals surface area contributed by atoms with Gasteiger partial charge in [0.15, 0.2) is 0 Å². The van der Waals surface area contributed by atoms with Crippen LogP contribution in [0.5, 0.6) is 0 Å². The average molecular weight is 290 g/mol. The quantitative estimate of drug-likeness (QED) is 0.324. The van der Waals surface area contributed by atoms with Crippen molar-refractivity contribution in [2.75, 3.05) is 6.61 Å². The van der Waals surface area contributed by atoms with Gasteiger partial charge in [0.25, 0.3) is 10.1 Å². The standard InChI is InChI=1S/C10H15Cl3O3/c1-3-4-5-6-7-15-9(10(11,12)13)16-8(2)14/h5-6,9H,3-4,7H2,1-2H3/b6-5+. The molecule has 0 aromatic heterocycles. The maximum Gasteiger partial charge on any atom is 0.305 e. The van der Waals surface area contributed by atoms with Crippen molar-refractivity contribution in [2.24, 2.45) is 0 Å². The van der Waals surface area contributed by atoms with Gasteiger partial charge in [0.2, 0.25) is 0 Å². The summed E-state index contributed by atoms with van der Waals surface area (Å²) in [7, 11) is 0. The van der Waals surface area contributed by atoms with Gasteiger partial charge < -0.3 is 9.47 Å². The predicted molar refractivity (Wildman–Crippen MR) is 65.8 cm³/mol. The molecule has 0 rings (SSSR count). The molecule has 0 aliphatic rings. The number of esters is 1. The van der Waals surface area contributed by atoms with Crippen molar-refractivity contribution < 1.29 is 14.3 Å². The number of alkyl halides is 3. The molecule has 0 spiro atoms. The first-order chi connectivity index (χ1) is 7.38. The van der Waals surface area contributed by atoms with Gasteiger partial charge in [-0.1, -0.05) is 60.3 Å². The van der Waals surface area contributed by atoms with Gasteiger partial charge in [-0.15, -0.1) is 0 Å². The summed E-state index contributed by atoms with van der Waals surface area (Å²) in [6, 6.07) is 0. The van der Waals surface area contributed by atoms with Crippen molar-refractivity contribution in [3.8, 4) is 0 Å². The first-order valence-electron chi connectivity index (χ1n) is 4.88. The van der Waals surface area contributed by atoms with Crippen molar-refractivity contribution in [2.45, 2.75) is 36.8 Å². The Balaban J connectivity index is 4.08. The first kappa shape index (κ1) is 16.0. The van der Waals surface area contributed by atoms with Crippen molar-refractivity contribution in [1.82, 2.24) is 0 Å². The van der Waals surface area contributed by atoms with Crippen LogP contribution >= 0.6 is 34.8 Å². The number of hydrogen-bond donors (Lipinski definition) is 0. The summed E-state index contributed by atoms with van der Waals surface area (Å²) in [5, 5.41) is 0. The Hall–Kier alpha value is 0.0400. The molecule has 0 N–H and O–H groups in total. The summed E-state index contributed by atoms with van der Waals surface area (Å²) in [5.74, 6) is -0.561. The maximum atomic E-state index is 10.7. The lowest BCUT2D eigenvalue weighted by Gasteiger charge is -2.23. The summed E-state index contributed by atoms with van der Waals surface area (Å²) >= 11 is 16.8. The second kappa shape index (κ2) is 8.18. The van der Waals surface area contributed by atoms with E-state index in [9.17, 15) is 4.79 Å². The van der Waals surface area contributed by atoms with E-state index in [1.807, 2.05) is 6.08 Å². The molecule has 0 aromatic carbocycles. The molecule has 0 amide bonds. The lowest BCUT2D eigenvalue weighted by Crippen LogP contribution is -2.33. The Labute approximate surface area is 111 Å². The first-order valence-corrected chi connectivity index (χ1v) is 6.01. The zero-order valence-corrected chi connectivity index (χ0v) is 11.5. The number of rotatable bonds is 6. The second-order valence-electron chi connectivity index (χ2n) is 3.08. The molecule has 0 fully saturated rings. The van der Waals surface area contributed by atoms with Crippen LogP contribution in [0.3, 0.4) is 0 Å². The molecular formula is C10H15Cl3O3. The molecule has 16 heavy (non-hydrogen) atoms. The van der Waals surface area contributed by atoms with Gasteiger partial charge in [-0.3, -0.25) is 4.79 Å². The van der Waals surface area contributed by atoms with Gasteiger partial charge in [-0.05, 0) is 6.42 Å². The largest absolute Gasteiger partial charge is 0.431 e. The van der Waals surface area contributed by atoms with E-state index in [1.54, 1.807) is 6.08 Å². The van der Waals surface area contributed by atoms with Crippen LogP contribution in [0.1, 0.15) is 26.7 Å². The zero-order valence-electron chi connectivity index (χ0n) is 9.21. The van der Waals surface area contributed by atoms with E-state index in [-0.39, 0.29) is 6.61 Å². The third-order valence-corrected chi connectivity index (χ3v) is 2.04. The highest BCUT2D eigenvalue weighted by molar-refractivity contribution is 6.68. The Morgan fingerprint density at radius 1 is 1.38 bits per heavy atom. The molecule has 0 aromatic rings. The van der Waals surface area contributed by atoms with E-state index in [2.05, 4.69) is 6.92 Å². The molecule has 3 nitrogen and oxygen atoms in total. The number of allylic oxidation sites excluding steroid dienone is 1. The van der Waals surface area contributed by atoms with Crippen LogP contribution in [0.25, 0.3) is 0 Å². The van der Waals surface area contributed by atoms with Gasteiger partial charge in [-0.25, -0.2) is 0 Å². The molecule has 0 bridgehead atoms. The normalized spacial score (nSPS) is 14.1. The van der Waals surface area contributed by atoms with E-state index in [4.69, 9.17) is 44.3 Å². The zero-order chi connectivity index (χ0) is 12.6. The van der Waals surface area contributed by atoms with Crippen molar-refractivity contribution in [3.63, 3.8) is 0 Å². The van der Waals surface area contributed by atoms with E-state index in [0.29, 0.717) is 0 Å². The van der Waals surface area contributed by atoms with Gasteiger partial charge in [0.05, 0.1) is 6.61 Å². The number of hydrogen-bond acceptors (Lipinski definition) is 3. The van der Waals surface area contributed by atoms with E-state index >= 15 is 0 Å². The Morgan fingerprint density at radius 3 is 2.44 bits per heavy atom. The third kappa shape index (κ3) is 8.22. The third-order valence-electron chi connectivity index (χ3n) is 1.51. The maximum absolute atomic E-state index is 10.7. The smallest absolute Gasteiger partial charge is 0.305 e. The SMILES string of the molecule is CCC/C=C/COC(OC(C)=O)C(Cl)(Cl)Cl. The molecule has 0 saturated carbocycles. The topological polar surface area (TPSA) is 35.5 Å². The lowest BCUT2D eigenvalue weighted by molar-refractivity contribution is -0.172. The van der Waals surface area contributed by atoms with Crippen LogP contribution < -0.4 is 0 Å². The minimum atomic E-state index is -1.79. The molecule has 6 heteroatoms. The lowest BCUT2D eigenvalue weighted by atomic mass is 10.3. The fourth-order valence-electron chi connectivity index (χ4n) is 0.842. The van der Waals surface area contributed by atoms with Crippen LogP contribution in [0.4, 0.5) is 0 Å². The Kier molecular flexibility index (Phi) is 8.20. The summed E-state index contributed by atoms with van der Waals surface area (Å²) < 4.78 is 8.08. The number of carbonyl (C=O) groups is 1. The van der Waals surface area contributed by atoms with Gasteiger partial charge in [0.1, 0.15) is 0 Å². The highest BCUT2D eigenvalue weighted by Gasteiger charge is 2.36. The van der Waals surface area contributed by atoms with Gasteiger partial charge in [-0.2, -0.15) is 0 Å². The van der Waals surface area contributed by atoms with Crippen LogP contribution in [0.15, 0.2) is 12.2 Å². The van der Waals surface area contributed by atoms with Crippen molar-refractivity contribution in [3.05, 3.63) is 12.2 Å². The molecule has 0 aliphatic heterocycles. The Morgan fingerprint density at radius 2 is 2.00 bits per heavy atom. The highest BCUT2D eigenvalue weighted by Crippen LogP contribution is 2.33. The van der Waals surface area contributed by atoms with Crippen molar-refractivity contribution in [1.29, 1.82) is 0 Å². The van der Waals surface area contributed by atoms with Crippen LogP contribution in [-0.2, 0) is 14.3 Å². The van der Waals surface area contributed by atoms with Gasteiger partial charge in [0, 0.05) is 6.92 Å². The van der Waals surface area contributed by atoms with Crippen LogP contribution in [0.2, 0.25) is 0 Å². The molecule has 1 unspecified atom stereocenters. The molecule has 0 heterocycles. The molecule has 0 radical (unpaired) electrons. The van der Waals surface area contributed by atoms with Crippen LogP contribution in [0, 0.1) is 0 Å². The summed E-state index contributed by atoms with van der Waals surface area (Å²) in [6.07, 6.45) is 4.55. The highest BCUT2D eigenvalue weighted by atomic mass is 35.6. The minimum Gasteiger partial charge on any atom is -0.431 e. The number of carbonyl (C=O) groups excluding carboxylic acids is 1.